The SMILES string of the molecule is CC(COCCN)CC(=O)O. The van der Waals surface area contributed by atoms with E-state index < -0.39 is 5.97 Å². The van der Waals surface area contributed by atoms with Gasteiger partial charge in [0.05, 0.1) is 13.0 Å². The topological polar surface area (TPSA) is 72.5 Å². The van der Waals surface area contributed by atoms with Crippen LogP contribution in [0.5, 0.6) is 0 Å². The second-order valence-corrected chi connectivity index (χ2v) is 2.57. The first-order valence-electron chi connectivity index (χ1n) is 3.66. The standard InChI is InChI=1S/C7H15NO3/c1-6(4-7(9)10)5-11-3-2-8/h6H,2-5,8H2,1H3,(H,9,10). The summed E-state index contributed by atoms with van der Waals surface area (Å²) < 4.78 is 5.06. The summed E-state index contributed by atoms with van der Waals surface area (Å²) in [7, 11) is 0. The first-order chi connectivity index (χ1) is 5.16. The van der Waals surface area contributed by atoms with E-state index in [0.717, 1.165) is 0 Å². The maximum Gasteiger partial charge on any atom is 0.303 e. The minimum absolute atomic E-state index is 0.0686. The first kappa shape index (κ1) is 10.4. The van der Waals surface area contributed by atoms with Crippen molar-refractivity contribution in [3.63, 3.8) is 0 Å². The smallest absolute Gasteiger partial charge is 0.303 e. The van der Waals surface area contributed by atoms with E-state index in [2.05, 4.69) is 0 Å². The number of aliphatic carboxylic acids is 1. The molecule has 0 amide bonds. The van der Waals surface area contributed by atoms with Gasteiger partial charge in [-0.3, -0.25) is 4.79 Å². The lowest BCUT2D eigenvalue weighted by molar-refractivity contribution is -0.138. The van der Waals surface area contributed by atoms with Crippen molar-refractivity contribution in [3.8, 4) is 0 Å². The molecule has 0 saturated carbocycles. The Morgan fingerprint density at radius 2 is 2.36 bits per heavy atom. The molecule has 1 atom stereocenters. The van der Waals surface area contributed by atoms with Gasteiger partial charge in [0, 0.05) is 13.2 Å². The average molecular weight is 161 g/mol. The largest absolute Gasteiger partial charge is 0.481 e. The van der Waals surface area contributed by atoms with E-state index >= 15 is 0 Å². The molecule has 0 radical (unpaired) electrons. The summed E-state index contributed by atoms with van der Waals surface area (Å²) in [6.45, 7) is 3.30. The highest BCUT2D eigenvalue weighted by Gasteiger charge is 2.06. The zero-order valence-electron chi connectivity index (χ0n) is 6.75. The van der Waals surface area contributed by atoms with Crippen molar-refractivity contribution in [2.24, 2.45) is 11.7 Å². The Balaban J connectivity index is 3.22. The highest BCUT2D eigenvalue weighted by atomic mass is 16.5. The summed E-state index contributed by atoms with van der Waals surface area (Å²) in [5.41, 5.74) is 5.17. The van der Waals surface area contributed by atoms with Crippen LogP contribution in [0.3, 0.4) is 0 Å². The summed E-state index contributed by atoms with van der Waals surface area (Å²) in [5, 5.41) is 8.36. The Bertz CT molecular complexity index is 116. The van der Waals surface area contributed by atoms with Gasteiger partial charge in [-0.15, -0.1) is 0 Å². The van der Waals surface area contributed by atoms with Gasteiger partial charge < -0.3 is 15.6 Å². The number of nitrogens with two attached hydrogens (primary N) is 1. The molecule has 0 fully saturated rings. The second kappa shape index (κ2) is 6.12. The molecule has 0 heterocycles. The average Bonchev–Trinajstić information content (AvgIpc) is 1.86. The van der Waals surface area contributed by atoms with Gasteiger partial charge >= 0.3 is 5.97 Å². The number of hydrogen-bond donors (Lipinski definition) is 2. The van der Waals surface area contributed by atoms with Gasteiger partial charge in [0.25, 0.3) is 0 Å². The molecule has 0 spiro atoms. The third-order valence-electron chi connectivity index (χ3n) is 1.19. The van der Waals surface area contributed by atoms with Crippen molar-refractivity contribution in [1.82, 2.24) is 0 Å². The van der Waals surface area contributed by atoms with Crippen LogP contribution in [0.25, 0.3) is 0 Å². The summed E-state index contributed by atoms with van der Waals surface area (Å²) in [5.74, 6) is -0.715. The van der Waals surface area contributed by atoms with Crippen molar-refractivity contribution in [2.45, 2.75) is 13.3 Å². The van der Waals surface area contributed by atoms with Crippen LogP contribution in [0, 0.1) is 5.92 Å². The van der Waals surface area contributed by atoms with E-state index in [4.69, 9.17) is 15.6 Å². The van der Waals surface area contributed by atoms with Gasteiger partial charge in [-0.2, -0.15) is 0 Å². The molecule has 0 aliphatic rings. The Morgan fingerprint density at radius 3 is 2.82 bits per heavy atom. The molecular formula is C7H15NO3. The Morgan fingerprint density at radius 1 is 1.73 bits per heavy atom. The number of ether oxygens (including phenoxy) is 1. The Kier molecular flexibility index (Phi) is 5.78. The normalized spacial score (nSPS) is 12.9. The summed E-state index contributed by atoms with van der Waals surface area (Å²) in [6, 6.07) is 0. The number of carbonyl (C=O) groups is 1. The molecule has 0 aromatic heterocycles. The maximum atomic E-state index is 10.2. The quantitative estimate of drug-likeness (QED) is 0.541. The number of rotatable bonds is 6. The number of hydrogen-bond acceptors (Lipinski definition) is 3. The molecule has 0 aromatic rings. The van der Waals surface area contributed by atoms with Crippen molar-refractivity contribution in [3.05, 3.63) is 0 Å². The molecule has 0 aliphatic carbocycles. The Labute approximate surface area is 66.3 Å². The van der Waals surface area contributed by atoms with Gasteiger partial charge in [-0.1, -0.05) is 6.92 Å². The lowest BCUT2D eigenvalue weighted by Crippen LogP contribution is -2.15. The van der Waals surface area contributed by atoms with E-state index in [0.29, 0.717) is 19.8 Å². The van der Waals surface area contributed by atoms with Crippen LogP contribution in [-0.4, -0.2) is 30.8 Å². The molecular weight excluding hydrogens is 146 g/mol. The minimum atomic E-state index is -0.783. The molecule has 1 unspecified atom stereocenters. The lowest BCUT2D eigenvalue weighted by atomic mass is 10.1. The third kappa shape index (κ3) is 7.29. The highest BCUT2D eigenvalue weighted by molar-refractivity contribution is 5.66. The fourth-order valence-corrected chi connectivity index (χ4v) is 0.725. The highest BCUT2D eigenvalue weighted by Crippen LogP contribution is 2.01. The first-order valence-corrected chi connectivity index (χ1v) is 3.66. The van der Waals surface area contributed by atoms with Crippen molar-refractivity contribution in [2.75, 3.05) is 19.8 Å². The van der Waals surface area contributed by atoms with Crippen LogP contribution in [0.4, 0.5) is 0 Å². The summed E-state index contributed by atoms with van der Waals surface area (Å²) in [4.78, 5) is 10.2. The van der Waals surface area contributed by atoms with E-state index in [9.17, 15) is 4.79 Å². The van der Waals surface area contributed by atoms with Gasteiger partial charge in [0.15, 0.2) is 0 Å². The van der Waals surface area contributed by atoms with Crippen LogP contribution >= 0.6 is 0 Å². The molecule has 66 valence electrons. The maximum absolute atomic E-state index is 10.2. The van der Waals surface area contributed by atoms with E-state index in [1.54, 1.807) is 0 Å². The molecule has 0 aliphatic heterocycles. The zero-order chi connectivity index (χ0) is 8.69. The van der Waals surface area contributed by atoms with E-state index in [1.165, 1.54) is 0 Å². The molecule has 0 bridgehead atoms. The van der Waals surface area contributed by atoms with Gasteiger partial charge in [0.2, 0.25) is 0 Å². The van der Waals surface area contributed by atoms with E-state index in [1.807, 2.05) is 6.92 Å². The van der Waals surface area contributed by atoms with Crippen LogP contribution < -0.4 is 5.73 Å². The second-order valence-electron chi connectivity index (χ2n) is 2.57. The van der Waals surface area contributed by atoms with Gasteiger partial charge in [-0.25, -0.2) is 0 Å². The van der Waals surface area contributed by atoms with Crippen molar-refractivity contribution in [1.29, 1.82) is 0 Å². The van der Waals surface area contributed by atoms with E-state index in [-0.39, 0.29) is 12.3 Å². The fraction of sp³-hybridized carbons (Fsp3) is 0.857. The van der Waals surface area contributed by atoms with Gasteiger partial charge in [0.1, 0.15) is 0 Å². The minimum Gasteiger partial charge on any atom is -0.481 e. The zero-order valence-corrected chi connectivity index (χ0v) is 6.75. The van der Waals surface area contributed by atoms with Crippen molar-refractivity contribution >= 4 is 5.97 Å². The molecule has 4 heteroatoms. The fourth-order valence-electron chi connectivity index (χ4n) is 0.725. The van der Waals surface area contributed by atoms with Gasteiger partial charge in [-0.05, 0) is 5.92 Å². The number of carboxylic acid groups (broad SMARTS) is 1. The third-order valence-corrected chi connectivity index (χ3v) is 1.19. The van der Waals surface area contributed by atoms with Crippen LogP contribution in [-0.2, 0) is 9.53 Å². The molecule has 3 N–H and O–H groups in total. The van der Waals surface area contributed by atoms with Crippen LogP contribution in [0.1, 0.15) is 13.3 Å². The monoisotopic (exact) mass is 161 g/mol. The molecule has 0 aromatic carbocycles. The summed E-state index contributed by atoms with van der Waals surface area (Å²) in [6.07, 6.45) is 0.157. The lowest BCUT2D eigenvalue weighted by Gasteiger charge is -2.07. The molecule has 11 heavy (non-hydrogen) atoms. The predicted octanol–water partition coefficient (Wildman–Crippen LogP) is 0.0725. The molecule has 4 nitrogen and oxygen atoms in total. The van der Waals surface area contributed by atoms with Crippen LogP contribution in [0.15, 0.2) is 0 Å². The van der Waals surface area contributed by atoms with Crippen LogP contribution in [0.2, 0.25) is 0 Å². The number of carboxylic acids is 1. The predicted molar refractivity (Wildman–Crippen MR) is 41.3 cm³/mol. The van der Waals surface area contributed by atoms with Crippen molar-refractivity contribution < 1.29 is 14.6 Å². The molecule has 0 rings (SSSR count). The summed E-state index contributed by atoms with van der Waals surface area (Å²) >= 11 is 0. The Hall–Kier alpha value is -0.610. The molecule has 0 saturated heterocycles.